The van der Waals surface area contributed by atoms with Crippen LogP contribution < -0.4 is 0 Å². The monoisotopic (exact) mass is 232 g/mol. The molecule has 1 unspecified atom stereocenters. The average Bonchev–Trinajstić information content (AvgIpc) is 2.55. The largest absolute Gasteiger partial charge is 0.481 e. The molecule has 1 aliphatic heterocycles. The number of aliphatic carboxylic acids is 1. The van der Waals surface area contributed by atoms with E-state index in [0.29, 0.717) is 5.76 Å². The lowest BCUT2D eigenvalue weighted by atomic mass is 9.98. The molecule has 17 heavy (non-hydrogen) atoms. The lowest BCUT2D eigenvalue weighted by molar-refractivity contribution is -0.145. The predicted molar refractivity (Wildman–Crippen MR) is 61.2 cm³/mol. The SMILES string of the molecule is CC1(CC(=O)O)OC(c2ccccc2)=CC1=O. The maximum absolute atomic E-state index is 11.8. The van der Waals surface area contributed by atoms with Crippen LogP contribution >= 0.6 is 0 Å². The molecule has 0 saturated heterocycles. The van der Waals surface area contributed by atoms with Crippen LogP contribution in [0.5, 0.6) is 0 Å². The predicted octanol–water partition coefficient (Wildman–Crippen LogP) is 1.86. The molecule has 4 nitrogen and oxygen atoms in total. The number of hydrogen-bond acceptors (Lipinski definition) is 3. The second-order valence-corrected chi connectivity index (χ2v) is 4.14. The van der Waals surface area contributed by atoms with Crippen LogP contribution in [0, 0.1) is 0 Å². The van der Waals surface area contributed by atoms with Crippen molar-refractivity contribution in [3.63, 3.8) is 0 Å². The van der Waals surface area contributed by atoms with E-state index in [1.54, 1.807) is 0 Å². The first-order valence-corrected chi connectivity index (χ1v) is 5.24. The summed E-state index contributed by atoms with van der Waals surface area (Å²) in [6.45, 7) is 1.50. The van der Waals surface area contributed by atoms with Crippen LogP contribution in [0.4, 0.5) is 0 Å². The number of benzene rings is 1. The molecule has 0 amide bonds. The summed E-state index contributed by atoms with van der Waals surface area (Å²) in [6, 6.07) is 9.14. The Balaban J connectivity index is 2.24. The van der Waals surface area contributed by atoms with Gasteiger partial charge >= 0.3 is 5.97 Å². The van der Waals surface area contributed by atoms with Crippen molar-refractivity contribution in [1.29, 1.82) is 0 Å². The van der Waals surface area contributed by atoms with Crippen LogP contribution in [0.3, 0.4) is 0 Å². The number of carboxylic acid groups (broad SMARTS) is 1. The van der Waals surface area contributed by atoms with Gasteiger partial charge in [-0.25, -0.2) is 0 Å². The minimum absolute atomic E-state index is 0.307. The highest BCUT2D eigenvalue weighted by Gasteiger charge is 2.42. The molecule has 0 radical (unpaired) electrons. The Hall–Kier alpha value is -2.10. The molecule has 1 aromatic rings. The summed E-state index contributed by atoms with van der Waals surface area (Å²) in [5, 5.41) is 8.76. The molecule has 0 spiro atoms. The van der Waals surface area contributed by atoms with E-state index in [2.05, 4.69) is 0 Å². The van der Waals surface area contributed by atoms with Crippen molar-refractivity contribution < 1.29 is 19.4 Å². The Morgan fingerprint density at radius 3 is 2.59 bits per heavy atom. The van der Waals surface area contributed by atoms with Crippen molar-refractivity contribution in [3.8, 4) is 0 Å². The van der Waals surface area contributed by atoms with Gasteiger partial charge < -0.3 is 9.84 Å². The van der Waals surface area contributed by atoms with Gasteiger partial charge in [-0.05, 0) is 6.92 Å². The Morgan fingerprint density at radius 2 is 2.00 bits per heavy atom. The van der Waals surface area contributed by atoms with Gasteiger partial charge in [-0.15, -0.1) is 0 Å². The molecule has 1 heterocycles. The minimum Gasteiger partial charge on any atom is -0.481 e. The zero-order valence-corrected chi connectivity index (χ0v) is 9.34. The number of ketones is 1. The topological polar surface area (TPSA) is 63.6 Å². The van der Waals surface area contributed by atoms with Crippen LogP contribution in [-0.2, 0) is 14.3 Å². The van der Waals surface area contributed by atoms with E-state index in [0.717, 1.165) is 5.56 Å². The first kappa shape index (κ1) is 11.4. The van der Waals surface area contributed by atoms with Gasteiger partial charge in [-0.2, -0.15) is 0 Å². The lowest BCUT2D eigenvalue weighted by Gasteiger charge is -2.21. The Morgan fingerprint density at radius 1 is 1.35 bits per heavy atom. The zero-order valence-electron chi connectivity index (χ0n) is 9.34. The highest BCUT2D eigenvalue weighted by atomic mass is 16.5. The van der Waals surface area contributed by atoms with E-state index in [1.165, 1.54) is 13.0 Å². The summed E-state index contributed by atoms with van der Waals surface area (Å²) in [5.41, 5.74) is -0.508. The molecule has 1 aromatic carbocycles. The Kier molecular flexibility index (Phi) is 2.71. The second kappa shape index (κ2) is 4.05. The summed E-state index contributed by atoms with van der Waals surface area (Å²) in [4.78, 5) is 22.4. The first-order valence-electron chi connectivity index (χ1n) is 5.24. The van der Waals surface area contributed by atoms with Gasteiger partial charge in [0, 0.05) is 11.6 Å². The van der Waals surface area contributed by atoms with Gasteiger partial charge in [-0.1, -0.05) is 30.3 Å². The number of hydrogen-bond donors (Lipinski definition) is 1. The minimum atomic E-state index is -1.28. The molecule has 2 rings (SSSR count). The fourth-order valence-electron chi connectivity index (χ4n) is 1.75. The zero-order chi connectivity index (χ0) is 12.5. The van der Waals surface area contributed by atoms with E-state index < -0.39 is 11.6 Å². The van der Waals surface area contributed by atoms with Gasteiger partial charge in [0.05, 0.1) is 6.42 Å². The van der Waals surface area contributed by atoms with E-state index in [9.17, 15) is 9.59 Å². The van der Waals surface area contributed by atoms with E-state index in [4.69, 9.17) is 9.84 Å². The standard InChI is InChI=1S/C13H12O4/c1-13(8-12(15)16)11(14)7-10(17-13)9-5-3-2-4-6-9/h2-7H,8H2,1H3,(H,15,16). The molecule has 0 saturated carbocycles. The summed E-state index contributed by atoms with van der Waals surface area (Å²) in [7, 11) is 0. The summed E-state index contributed by atoms with van der Waals surface area (Å²) >= 11 is 0. The van der Waals surface area contributed by atoms with Crippen molar-refractivity contribution in [2.75, 3.05) is 0 Å². The third kappa shape index (κ3) is 2.20. The number of carboxylic acids is 1. The van der Waals surface area contributed by atoms with Crippen molar-refractivity contribution in [2.24, 2.45) is 0 Å². The summed E-state index contributed by atoms with van der Waals surface area (Å²) in [6.07, 6.45) is 1.02. The maximum atomic E-state index is 11.8. The molecule has 1 atom stereocenters. The molecule has 1 aliphatic rings. The smallest absolute Gasteiger partial charge is 0.307 e. The fourth-order valence-corrected chi connectivity index (χ4v) is 1.75. The van der Waals surface area contributed by atoms with Crippen molar-refractivity contribution in [2.45, 2.75) is 18.9 Å². The highest BCUT2D eigenvalue weighted by Crippen LogP contribution is 2.33. The summed E-state index contributed by atoms with van der Waals surface area (Å²) < 4.78 is 5.49. The molecule has 0 fully saturated rings. The van der Waals surface area contributed by atoms with Crippen LogP contribution in [0.2, 0.25) is 0 Å². The van der Waals surface area contributed by atoms with E-state index in [1.807, 2.05) is 30.3 Å². The highest BCUT2D eigenvalue weighted by molar-refractivity contribution is 6.06. The molecule has 0 aromatic heterocycles. The van der Waals surface area contributed by atoms with Crippen molar-refractivity contribution in [3.05, 3.63) is 42.0 Å². The lowest BCUT2D eigenvalue weighted by Crippen LogP contribution is -2.35. The van der Waals surface area contributed by atoms with Crippen LogP contribution in [-0.4, -0.2) is 22.5 Å². The molecule has 4 heteroatoms. The molecule has 0 aliphatic carbocycles. The van der Waals surface area contributed by atoms with Crippen LogP contribution in [0.1, 0.15) is 18.9 Å². The third-order valence-corrected chi connectivity index (χ3v) is 2.67. The first-order chi connectivity index (χ1) is 8.01. The normalized spacial score (nSPS) is 23.1. The molecular weight excluding hydrogens is 220 g/mol. The van der Waals surface area contributed by atoms with Crippen LogP contribution in [0.15, 0.2) is 36.4 Å². The average molecular weight is 232 g/mol. The summed E-state index contributed by atoms with van der Waals surface area (Å²) in [5.74, 6) is -0.929. The van der Waals surface area contributed by atoms with Gasteiger partial charge in [-0.3, -0.25) is 9.59 Å². The van der Waals surface area contributed by atoms with Gasteiger partial charge in [0.2, 0.25) is 5.78 Å². The maximum Gasteiger partial charge on any atom is 0.307 e. The van der Waals surface area contributed by atoms with Crippen molar-refractivity contribution >= 4 is 17.5 Å². The number of rotatable bonds is 3. The third-order valence-electron chi connectivity index (χ3n) is 2.67. The molecule has 0 bridgehead atoms. The van der Waals surface area contributed by atoms with E-state index in [-0.39, 0.29) is 12.2 Å². The number of ether oxygens (including phenoxy) is 1. The second-order valence-electron chi connectivity index (χ2n) is 4.14. The van der Waals surface area contributed by atoms with Crippen LogP contribution in [0.25, 0.3) is 5.76 Å². The quantitative estimate of drug-likeness (QED) is 0.863. The van der Waals surface area contributed by atoms with Gasteiger partial charge in [0.25, 0.3) is 0 Å². The number of carbonyl (C=O) groups is 2. The van der Waals surface area contributed by atoms with E-state index >= 15 is 0 Å². The van der Waals surface area contributed by atoms with Gasteiger partial charge in [0.15, 0.2) is 5.60 Å². The van der Waals surface area contributed by atoms with Crippen molar-refractivity contribution in [1.82, 2.24) is 0 Å². The Bertz CT molecular complexity index is 489. The fraction of sp³-hybridized carbons (Fsp3) is 0.231. The van der Waals surface area contributed by atoms with Gasteiger partial charge in [0.1, 0.15) is 5.76 Å². The molecule has 1 N–H and O–H groups in total. The Labute approximate surface area is 98.5 Å². The molecule has 88 valence electrons. The molecular formula is C13H12O4. The number of carbonyl (C=O) groups excluding carboxylic acids is 1.